The number of aromatic nitrogens is 1. The van der Waals surface area contributed by atoms with Gasteiger partial charge in [-0.05, 0) is 24.6 Å². The van der Waals surface area contributed by atoms with Crippen molar-refractivity contribution in [3.8, 4) is 17.2 Å². The monoisotopic (exact) mass is 360 g/mol. The molecule has 0 unspecified atom stereocenters. The normalized spacial score (nSPS) is 10.1. The number of amides is 1. The summed E-state index contributed by atoms with van der Waals surface area (Å²) in [4.78, 5) is 27.0. The van der Waals surface area contributed by atoms with Crippen molar-refractivity contribution in [1.82, 2.24) is 10.3 Å². The second-order valence-corrected chi connectivity index (χ2v) is 5.23. The molecule has 0 aliphatic rings. The Morgan fingerprint density at radius 2 is 1.81 bits per heavy atom. The molecule has 8 nitrogen and oxygen atoms in total. The molecule has 0 radical (unpaired) electrons. The molecule has 0 saturated carbocycles. The first-order valence-electron chi connectivity index (χ1n) is 7.77. The molecule has 2 N–H and O–H groups in total. The summed E-state index contributed by atoms with van der Waals surface area (Å²) in [7, 11) is 4.59. The van der Waals surface area contributed by atoms with Crippen LogP contribution in [0.15, 0.2) is 30.5 Å². The SMILES string of the molecule is COc1ccc(CCNC(=O)c2cc(C(=O)O)ccn2)c(OC)c1OC. The molecule has 0 bridgehead atoms. The van der Waals surface area contributed by atoms with E-state index in [0.717, 1.165) is 5.56 Å². The molecule has 0 aliphatic carbocycles. The van der Waals surface area contributed by atoms with Crippen LogP contribution in [0.5, 0.6) is 17.2 Å². The van der Waals surface area contributed by atoms with Crippen molar-refractivity contribution in [2.24, 2.45) is 0 Å². The molecule has 1 aromatic heterocycles. The predicted octanol–water partition coefficient (Wildman–Crippen LogP) is 1.78. The van der Waals surface area contributed by atoms with Crippen LogP contribution in [0.4, 0.5) is 0 Å². The smallest absolute Gasteiger partial charge is 0.335 e. The lowest BCUT2D eigenvalue weighted by molar-refractivity contribution is 0.0696. The number of carbonyl (C=O) groups excluding carboxylic acids is 1. The molecule has 8 heteroatoms. The number of methoxy groups -OCH3 is 3. The first-order valence-corrected chi connectivity index (χ1v) is 7.77. The molecule has 2 rings (SSSR count). The highest BCUT2D eigenvalue weighted by Crippen LogP contribution is 2.39. The van der Waals surface area contributed by atoms with Crippen LogP contribution in [0.2, 0.25) is 0 Å². The average Bonchev–Trinajstić information content (AvgIpc) is 2.67. The zero-order valence-electron chi connectivity index (χ0n) is 14.7. The Morgan fingerprint density at radius 3 is 2.42 bits per heavy atom. The van der Waals surface area contributed by atoms with Crippen LogP contribution in [0.1, 0.15) is 26.4 Å². The van der Waals surface area contributed by atoms with Crippen LogP contribution in [0.3, 0.4) is 0 Å². The van der Waals surface area contributed by atoms with Crippen molar-refractivity contribution in [1.29, 1.82) is 0 Å². The lowest BCUT2D eigenvalue weighted by atomic mass is 10.1. The van der Waals surface area contributed by atoms with Crippen LogP contribution >= 0.6 is 0 Å². The van der Waals surface area contributed by atoms with Gasteiger partial charge in [-0.1, -0.05) is 6.07 Å². The number of nitrogens with one attached hydrogen (secondary N) is 1. The van der Waals surface area contributed by atoms with E-state index in [9.17, 15) is 9.59 Å². The van der Waals surface area contributed by atoms with Gasteiger partial charge in [0, 0.05) is 18.3 Å². The van der Waals surface area contributed by atoms with Crippen molar-refractivity contribution in [2.45, 2.75) is 6.42 Å². The van der Waals surface area contributed by atoms with Gasteiger partial charge in [-0.3, -0.25) is 9.78 Å². The number of carboxylic acids is 1. The third kappa shape index (κ3) is 4.21. The number of hydrogen-bond donors (Lipinski definition) is 2. The second kappa shape index (κ2) is 8.70. The topological polar surface area (TPSA) is 107 Å². The first kappa shape index (κ1) is 19.0. The van der Waals surface area contributed by atoms with Gasteiger partial charge in [-0.2, -0.15) is 0 Å². The van der Waals surface area contributed by atoms with Crippen molar-refractivity contribution in [3.63, 3.8) is 0 Å². The van der Waals surface area contributed by atoms with Gasteiger partial charge < -0.3 is 24.6 Å². The Balaban J connectivity index is 2.07. The van der Waals surface area contributed by atoms with E-state index < -0.39 is 11.9 Å². The van der Waals surface area contributed by atoms with E-state index >= 15 is 0 Å². The molecule has 1 amide bonds. The van der Waals surface area contributed by atoms with Crippen molar-refractivity contribution < 1.29 is 28.9 Å². The van der Waals surface area contributed by atoms with Gasteiger partial charge in [0.2, 0.25) is 5.75 Å². The Kier molecular flexibility index (Phi) is 6.37. The van der Waals surface area contributed by atoms with Gasteiger partial charge in [0.05, 0.1) is 26.9 Å². The number of nitrogens with zero attached hydrogens (tertiary/aromatic N) is 1. The molecule has 1 aromatic carbocycles. The molecular formula is C18H20N2O6. The summed E-state index contributed by atoms with van der Waals surface area (Å²) in [6.07, 6.45) is 1.77. The minimum Gasteiger partial charge on any atom is -0.493 e. The van der Waals surface area contributed by atoms with Gasteiger partial charge in [0.25, 0.3) is 5.91 Å². The van der Waals surface area contributed by atoms with E-state index in [-0.39, 0.29) is 11.3 Å². The molecule has 138 valence electrons. The number of ether oxygens (including phenoxy) is 3. The van der Waals surface area contributed by atoms with Crippen molar-refractivity contribution >= 4 is 11.9 Å². The summed E-state index contributed by atoms with van der Waals surface area (Å²) in [5.41, 5.74) is 0.883. The summed E-state index contributed by atoms with van der Waals surface area (Å²) in [6.45, 7) is 0.309. The number of hydrogen-bond acceptors (Lipinski definition) is 6. The van der Waals surface area contributed by atoms with Gasteiger partial charge in [0.15, 0.2) is 11.5 Å². The lowest BCUT2D eigenvalue weighted by Crippen LogP contribution is -2.27. The first-order chi connectivity index (χ1) is 12.5. The quantitative estimate of drug-likeness (QED) is 0.739. The third-order valence-corrected chi connectivity index (χ3v) is 3.71. The zero-order chi connectivity index (χ0) is 19.1. The molecule has 0 atom stereocenters. The Morgan fingerprint density at radius 1 is 1.08 bits per heavy atom. The third-order valence-electron chi connectivity index (χ3n) is 3.71. The summed E-state index contributed by atoms with van der Waals surface area (Å²) in [5, 5.41) is 11.7. The fourth-order valence-corrected chi connectivity index (χ4v) is 2.45. The minimum absolute atomic E-state index is 0.00621. The lowest BCUT2D eigenvalue weighted by Gasteiger charge is -2.15. The molecule has 26 heavy (non-hydrogen) atoms. The molecule has 0 saturated heterocycles. The number of aromatic carboxylic acids is 1. The van der Waals surface area contributed by atoms with Gasteiger partial charge >= 0.3 is 5.97 Å². The van der Waals surface area contributed by atoms with Crippen LogP contribution in [-0.4, -0.2) is 49.8 Å². The highest BCUT2D eigenvalue weighted by molar-refractivity contribution is 5.95. The van der Waals surface area contributed by atoms with E-state index in [2.05, 4.69) is 10.3 Å². The fourth-order valence-electron chi connectivity index (χ4n) is 2.45. The largest absolute Gasteiger partial charge is 0.493 e. The summed E-state index contributed by atoms with van der Waals surface area (Å²) < 4.78 is 16.0. The maximum absolute atomic E-state index is 12.1. The van der Waals surface area contributed by atoms with Gasteiger partial charge in [-0.25, -0.2) is 4.79 Å². The van der Waals surface area contributed by atoms with Crippen molar-refractivity contribution in [2.75, 3.05) is 27.9 Å². The fraction of sp³-hybridized carbons (Fsp3) is 0.278. The van der Waals surface area contributed by atoms with E-state index in [0.29, 0.717) is 30.2 Å². The summed E-state index contributed by atoms with van der Waals surface area (Å²) in [5.74, 6) is -0.00219. The summed E-state index contributed by atoms with van der Waals surface area (Å²) >= 11 is 0. The number of carbonyl (C=O) groups is 2. The maximum Gasteiger partial charge on any atom is 0.335 e. The number of pyridine rings is 1. The number of rotatable bonds is 8. The Bertz CT molecular complexity index is 806. The van der Waals surface area contributed by atoms with Crippen LogP contribution < -0.4 is 19.5 Å². The van der Waals surface area contributed by atoms with E-state index in [1.807, 2.05) is 6.07 Å². The molecule has 0 aliphatic heterocycles. The van der Waals surface area contributed by atoms with E-state index in [4.69, 9.17) is 19.3 Å². The maximum atomic E-state index is 12.1. The molecule has 1 heterocycles. The van der Waals surface area contributed by atoms with E-state index in [1.54, 1.807) is 6.07 Å². The predicted molar refractivity (Wildman–Crippen MR) is 93.3 cm³/mol. The molecule has 0 fully saturated rings. The van der Waals surface area contributed by atoms with Crippen LogP contribution in [0, 0.1) is 0 Å². The van der Waals surface area contributed by atoms with E-state index in [1.165, 1.54) is 39.7 Å². The average molecular weight is 360 g/mol. The standard InChI is InChI=1S/C18H20N2O6/c1-24-14-5-4-11(15(25-2)16(14)26-3)6-9-20-17(21)13-10-12(18(22)23)7-8-19-13/h4-5,7-8,10H,6,9H2,1-3H3,(H,20,21)(H,22,23). The number of carboxylic acid groups (broad SMARTS) is 1. The van der Waals surface area contributed by atoms with Gasteiger partial charge in [-0.15, -0.1) is 0 Å². The minimum atomic E-state index is -1.11. The van der Waals surface area contributed by atoms with Crippen LogP contribution in [-0.2, 0) is 6.42 Å². The molecule has 2 aromatic rings. The zero-order valence-corrected chi connectivity index (χ0v) is 14.7. The van der Waals surface area contributed by atoms with Gasteiger partial charge in [0.1, 0.15) is 5.69 Å². The molecular weight excluding hydrogens is 340 g/mol. The summed E-state index contributed by atoms with van der Waals surface area (Å²) in [6, 6.07) is 6.15. The highest BCUT2D eigenvalue weighted by atomic mass is 16.5. The highest BCUT2D eigenvalue weighted by Gasteiger charge is 2.16. The van der Waals surface area contributed by atoms with Crippen molar-refractivity contribution in [3.05, 3.63) is 47.3 Å². The Hall–Kier alpha value is -3.29. The number of benzene rings is 1. The second-order valence-electron chi connectivity index (χ2n) is 5.23. The van der Waals surface area contributed by atoms with Crippen LogP contribution in [0.25, 0.3) is 0 Å². The Labute approximate surface area is 150 Å². The molecule has 0 spiro atoms.